The van der Waals surface area contributed by atoms with E-state index >= 15 is 0 Å². The van der Waals surface area contributed by atoms with Crippen LogP contribution in [-0.4, -0.2) is 25.5 Å². The summed E-state index contributed by atoms with van der Waals surface area (Å²) in [4.78, 5) is 31.6. The van der Waals surface area contributed by atoms with Gasteiger partial charge in [0.2, 0.25) is 5.78 Å². The summed E-state index contributed by atoms with van der Waals surface area (Å²) in [5.74, 6) is 0.582. The molecule has 0 atom stereocenters. The molecule has 2 N–H and O–H groups in total. The number of furan rings is 1. The number of aromatic amines is 1. The van der Waals surface area contributed by atoms with Crippen molar-refractivity contribution in [1.29, 1.82) is 0 Å². The van der Waals surface area contributed by atoms with Crippen LogP contribution in [0.4, 0.5) is 5.82 Å². The summed E-state index contributed by atoms with van der Waals surface area (Å²) < 4.78 is 6.40. The Bertz CT molecular complexity index is 1030. The predicted molar refractivity (Wildman–Crippen MR) is 83.6 cm³/mol. The van der Waals surface area contributed by atoms with E-state index in [1.165, 1.54) is 34.2 Å². The van der Waals surface area contributed by atoms with Crippen molar-refractivity contribution in [1.82, 2.24) is 19.6 Å². The summed E-state index contributed by atoms with van der Waals surface area (Å²) in [6.45, 7) is 0. The van der Waals surface area contributed by atoms with Crippen molar-refractivity contribution in [2.24, 2.45) is 0 Å². The Morgan fingerprint density at radius 1 is 1.35 bits per heavy atom. The van der Waals surface area contributed by atoms with Gasteiger partial charge in [0, 0.05) is 6.07 Å². The number of H-pyrrole nitrogens is 1. The molecule has 0 saturated carbocycles. The van der Waals surface area contributed by atoms with Crippen molar-refractivity contribution >= 4 is 28.8 Å². The van der Waals surface area contributed by atoms with Crippen LogP contribution in [0, 0.1) is 0 Å². The highest BCUT2D eigenvalue weighted by molar-refractivity contribution is 7.13. The summed E-state index contributed by atoms with van der Waals surface area (Å²) >= 11 is 1.48. The number of carbonyl (C=O) groups excluding carboxylic acids is 1. The molecule has 4 heterocycles. The Morgan fingerprint density at radius 3 is 3.00 bits per heavy atom. The van der Waals surface area contributed by atoms with Gasteiger partial charge in [0.25, 0.3) is 11.5 Å². The summed E-state index contributed by atoms with van der Waals surface area (Å²) in [6.07, 6.45) is 1.40. The zero-order valence-electron chi connectivity index (χ0n) is 11.5. The van der Waals surface area contributed by atoms with Crippen molar-refractivity contribution in [3.63, 3.8) is 0 Å². The van der Waals surface area contributed by atoms with Gasteiger partial charge in [-0.15, -0.1) is 16.4 Å². The van der Waals surface area contributed by atoms with Gasteiger partial charge in [-0.25, -0.2) is 0 Å². The third-order valence-electron chi connectivity index (χ3n) is 3.07. The second kappa shape index (κ2) is 5.21. The summed E-state index contributed by atoms with van der Waals surface area (Å²) in [5.41, 5.74) is -0.391. The number of hydrogen-bond acceptors (Lipinski definition) is 6. The Kier molecular flexibility index (Phi) is 3.05. The zero-order chi connectivity index (χ0) is 15.8. The molecule has 0 unspecified atom stereocenters. The first-order chi connectivity index (χ1) is 11.2. The molecule has 0 radical (unpaired) electrons. The van der Waals surface area contributed by atoms with E-state index in [0.29, 0.717) is 5.82 Å². The topological polar surface area (TPSA) is 105 Å². The lowest BCUT2D eigenvalue weighted by Crippen LogP contribution is -2.18. The molecule has 9 heteroatoms. The largest absolute Gasteiger partial charge is 0.459 e. The van der Waals surface area contributed by atoms with E-state index in [4.69, 9.17) is 4.42 Å². The first-order valence-electron chi connectivity index (χ1n) is 6.59. The average molecular weight is 327 g/mol. The highest BCUT2D eigenvalue weighted by Crippen LogP contribution is 2.22. The van der Waals surface area contributed by atoms with Crippen LogP contribution in [0.3, 0.4) is 0 Å². The number of nitrogens with zero attached hydrogens (tertiary/aromatic N) is 3. The number of fused-ring (bicyclic) bond motifs is 1. The van der Waals surface area contributed by atoms with E-state index in [2.05, 4.69) is 20.4 Å². The number of hydrogen-bond donors (Lipinski definition) is 2. The first-order valence-corrected chi connectivity index (χ1v) is 7.47. The molecule has 4 aromatic rings. The molecule has 4 aromatic heterocycles. The average Bonchev–Trinajstić information content (AvgIpc) is 3.27. The summed E-state index contributed by atoms with van der Waals surface area (Å²) in [6, 6.07) is 8.12. The van der Waals surface area contributed by atoms with Crippen LogP contribution in [0.25, 0.3) is 16.5 Å². The fourth-order valence-corrected chi connectivity index (χ4v) is 2.73. The molecule has 0 aliphatic carbocycles. The second-order valence-electron chi connectivity index (χ2n) is 4.60. The Labute approximate surface area is 132 Å². The van der Waals surface area contributed by atoms with E-state index < -0.39 is 11.5 Å². The van der Waals surface area contributed by atoms with Crippen LogP contribution in [0.2, 0.25) is 0 Å². The van der Waals surface area contributed by atoms with Gasteiger partial charge >= 0.3 is 0 Å². The smallest absolute Gasteiger partial charge is 0.292 e. The Balaban J connectivity index is 1.79. The fraction of sp³-hybridized carbons (Fsp3) is 0. The van der Waals surface area contributed by atoms with Crippen LogP contribution < -0.4 is 10.9 Å². The third-order valence-corrected chi connectivity index (χ3v) is 3.93. The Morgan fingerprint density at radius 2 is 2.26 bits per heavy atom. The normalized spacial score (nSPS) is 11.0. The number of carbonyl (C=O) groups is 1. The SMILES string of the molecule is O=C(Nc1cc(=O)[nH]c2nc(-c3cccs3)nn12)c1ccco1. The maximum absolute atomic E-state index is 12.1. The standard InChI is InChI=1S/C14H9N5O3S/c20-11-7-10(15-13(21)8-3-1-5-22-8)19-14(16-11)17-12(18-19)9-4-2-6-23-9/h1-7H,(H,15,21)(H,16,17,18,20). The van der Waals surface area contributed by atoms with Crippen LogP contribution in [0.5, 0.6) is 0 Å². The molecule has 23 heavy (non-hydrogen) atoms. The molecule has 4 rings (SSSR count). The Hall–Kier alpha value is -3.20. The number of thiophene rings is 1. The molecular weight excluding hydrogens is 318 g/mol. The van der Waals surface area contributed by atoms with Gasteiger partial charge < -0.3 is 9.73 Å². The zero-order valence-corrected chi connectivity index (χ0v) is 12.3. The van der Waals surface area contributed by atoms with Gasteiger partial charge in [-0.3, -0.25) is 14.6 Å². The number of aromatic nitrogens is 4. The molecule has 114 valence electrons. The van der Waals surface area contributed by atoms with Crippen LogP contribution in [0.1, 0.15) is 10.6 Å². The van der Waals surface area contributed by atoms with E-state index in [1.807, 2.05) is 17.5 Å². The van der Waals surface area contributed by atoms with Gasteiger partial charge in [-0.05, 0) is 23.6 Å². The monoisotopic (exact) mass is 327 g/mol. The van der Waals surface area contributed by atoms with Gasteiger partial charge in [0.05, 0.1) is 11.1 Å². The van der Waals surface area contributed by atoms with E-state index in [1.54, 1.807) is 6.07 Å². The van der Waals surface area contributed by atoms with E-state index in [-0.39, 0.29) is 17.4 Å². The molecule has 0 fully saturated rings. The van der Waals surface area contributed by atoms with Crippen LogP contribution in [-0.2, 0) is 0 Å². The van der Waals surface area contributed by atoms with Crippen molar-refractivity contribution in [3.8, 4) is 10.7 Å². The van der Waals surface area contributed by atoms with Crippen molar-refractivity contribution in [2.75, 3.05) is 5.32 Å². The molecule has 0 saturated heterocycles. The van der Waals surface area contributed by atoms with Crippen molar-refractivity contribution in [3.05, 3.63) is 58.1 Å². The molecule has 0 aliphatic rings. The third kappa shape index (κ3) is 2.42. The second-order valence-corrected chi connectivity index (χ2v) is 5.55. The molecule has 1 amide bonds. The predicted octanol–water partition coefficient (Wildman–Crippen LogP) is 1.99. The molecule has 0 aromatic carbocycles. The fourth-order valence-electron chi connectivity index (χ4n) is 2.08. The molecular formula is C14H9N5O3S. The summed E-state index contributed by atoms with van der Waals surface area (Å²) in [7, 11) is 0. The van der Waals surface area contributed by atoms with Gasteiger partial charge in [-0.2, -0.15) is 9.50 Å². The van der Waals surface area contributed by atoms with Gasteiger partial charge in [0.1, 0.15) is 5.82 Å². The van der Waals surface area contributed by atoms with Crippen LogP contribution in [0.15, 0.2) is 51.2 Å². The molecule has 8 nitrogen and oxygen atoms in total. The minimum absolute atomic E-state index is 0.136. The quantitative estimate of drug-likeness (QED) is 0.598. The molecule has 0 bridgehead atoms. The van der Waals surface area contributed by atoms with Crippen LogP contribution >= 0.6 is 11.3 Å². The minimum Gasteiger partial charge on any atom is -0.459 e. The lowest BCUT2D eigenvalue weighted by Gasteiger charge is -2.04. The lowest BCUT2D eigenvalue weighted by atomic mass is 10.4. The number of anilines is 1. The maximum Gasteiger partial charge on any atom is 0.292 e. The molecule has 0 aliphatic heterocycles. The number of rotatable bonds is 3. The minimum atomic E-state index is -0.477. The van der Waals surface area contributed by atoms with Crippen molar-refractivity contribution < 1.29 is 9.21 Å². The maximum atomic E-state index is 12.1. The number of amides is 1. The van der Waals surface area contributed by atoms with Gasteiger partial charge in [0.15, 0.2) is 11.6 Å². The molecule has 0 spiro atoms. The number of nitrogens with one attached hydrogen (secondary N) is 2. The lowest BCUT2D eigenvalue weighted by molar-refractivity contribution is 0.0996. The first kappa shape index (κ1) is 13.5. The van der Waals surface area contributed by atoms with Crippen molar-refractivity contribution in [2.45, 2.75) is 0 Å². The van der Waals surface area contributed by atoms with Gasteiger partial charge in [-0.1, -0.05) is 6.07 Å². The highest BCUT2D eigenvalue weighted by Gasteiger charge is 2.15. The highest BCUT2D eigenvalue weighted by atomic mass is 32.1. The van der Waals surface area contributed by atoms with E-state index in [9.17, 15) is 9.59 Å². The summed E-state index contributed by atoms with van der Waals surface area (Å²) in [5, 5.41) is 8.84. The van der Waals surface area contributed by atoms with E-state index in [0.717, 1.165) is 4.88 Å².